The van der Waals surface area contributed by atoms with Gasteiger partial charge in [0, 0.05) is 19.3 Å². The summed E-state index contributed by atoms with van der Waals surface area (Å²) in [6, 6.07) is 7.43. The number of nitrogens with one attached hydrogen (secondary N) is 1. The van der Waals surface area contributed by atoms with Gasteiger partial charge in [-0.15, -0.1) is 13.2 Å². The van der Waals surface area contributed by atoms with Crippen LogP contribution in [-0.4, -0.2) is 64.6 Å². The standard InChI is InChI=1S/C20H20F3N5O6S/c21-20(22,23)34-16-3-1-15(2-4-16)28-18(29)13-26(19(28)30)12-14-5-6-24-17(11-14)25-35(31,32)27-7-9-33-10-8-27/h1-6,11,13,29H,7-10,12H2,(H,24,25). The molecule has 4 rings (SSSR count). The Labute approximate surface area is 197 Å². The van der Waals surface area contributed by atoms with E-state index in [2.05, 4.69) is 14.4 Å². The van der Waals surface area contributed by atoms with Gasteiger partial charge in [0.15, 0.2) is 0 Å². The molecule has 0 saturated carbocycles. The average molecular weight is 515 g/mol. The molecule has 1 saturated heterocycles. The number of ether oxygens (including phenoxy) is 2. The van der Waals surface area contributed by atoms with Crippen LogP contribution in [-0.2, 0) is 21.5 Å². The molecular formula is C20H20F3N5O6S. The Morgan fingerprint density at radius 3 is 2.49 bits per heavy atom. The fourth-order valence-corrected chi connectivity index (χ4v) is 4.58. The van der Waals surface area contributed by atoms with Crippen LogP contribution >= 0.6 is 0 Å². The number of aromatic nitrogens is 3. The molecule has 11 nitrogen and oxygen atoms in total. The molecule has 2 aromatic heterocycles. The molecule has 0 atom stereocenters. The van der Waals surface area contributed by atoms with Crippen LogP contribution < -0.4 is 15.1 Å². The molecular weight excluding hydrogens is 495 g/mol. The summed E-state index contributed by atoms with van der Waals surface area (Å²) in [5.74, 6) is -0.871. The van der Waals surface area contributed by atoms with Gasteiger partial charge in [0.2, 0.25) is 5.88 Å². The summed E-state index contributed by atoms with van der Waals surface area (Å²) in [5, 5.41) is 10.3. The molecule has 35 heavy (non-hydrogen) atoms. The third-order valence-corrected chi connectivity index (χ3v) is 6.50. The van der Waals surface area contributed by atoms with Crippen molar-refractivity contribution in [3.05, 3.63) is 64.8 Å². The highest BCUT2D eigenvalue weighted by atomic mass is 32.2. The molecule has 0 unspecified atom stereocenters. The predicted octanol–water partition coefficient (Wildman–Crippen LogP) is 1.68. The number of alkyl halides is 3. The minimum atomic E-state index is -4.86. The lowest BCUT2D eigenvalue weighted by Crippen LogP contribution is -2.43. The van der Waals surface area contributed by atoms with E-state index < -0.39 is 33.9 Å². The van der Waals surface area contributed by atoms with E-state index in [9.17, 15) is 31.5 Å². The molecule has 1 aliphatic heterocycles. The first-order valence-electron chi connectivity index (χ1n) is 10.2. The predicted molar refractivity (Wildman–Crippen MR) is 117 cm³/mol. The van der Waals surface area contributed by atoms with E-state index in [0.29, 0.717) is 5.56 Å². The molecule has 15 heteroatoms. The van der Waals surface area contributed by atoms with Gasteiger partial charge in [0.1, 0.15) is 11.6 Å². The molecule has 0 radical (unpaired) electrons. The number of morpholine rings is 1. The summed E-state index contributed by atoms with van der Waals surface area (Å²) in [5.41, 5.74) is -0.0402. The zero-order valence-corrected chi connectivity index (χ0v) is 18.8. The van der Waals surface area contributed by atoms with Gasteiger partial charge in [0.25, 0.3) is 0 Å². The van der Waals surface area contributed by atoms with E-state index in [-0.39, 0.29) is 44.4 Å². The van der Waals surface area contributed by atoms with Crippen molar-refractivity contribution in [2.45, 2.75) is 12.9 Å². The normalized spacial score (nSPS) is 15.2. The lowest BCUT2D eigenvalue weighted by Gasteiger charge is -2.26. The van der Waals surface area contributed by atoms with Gasteiger partial charge < -0.3 is 14.6 Å². The van der Waals surface area contributed by atoms with Crippen molar-refractivity contribution >= 4 is 16.0 Å². The molecule has 1 aromatic carbocycles. The van der Waals surface area contributed by atoms with Crippen molar-refractivity contribution in [2.24, 2.45) is 0 Å². The fraction of sp³-hybridized carbons (Fsp3) is 0.300. The zero-order chi connectivity index (χ0) is 25.2. The van der Waals surface area contributed by atoms with E-state index in [4.69, 9.17) is 4.74 Å². The second-order valence-corrected chi connectivity index (χ2v) is 9.11. The Morgan fingerprint density at radius 2 is 1.83 bits per heavy atom. The minimum Gasteiger partial charge on any atom is -0.493 e. The van der Waals surface area contributed by atoms with E-state index in [1.807, 2.05) is 0 Å². The van der Waals surface area contributed by atoms with Gasteiger partial charge in [-0.25, -0.2) is 14.3 Å². The van der Waals surface area contributed by atoms with Gasteiger partial charge in [0.05, 0.1) is 31.6 Å². The Balaban J connectivity index is 1.52. The van der Waals surface area contributed by atoms with Crippen molar-refractivity contribution in [3.63, 3.8) is 0 Å². The van der Waals surface area contributed by atoms with Crippen LogP contribution in [0.4, 0.5) is 19.0 Å². The molecule has 3 heterocycles. The highest BCUT2D eigenvalue weighted by Gasteiger charge is 2.31. The summed E-state index contributed by atoms with van der Waals surface area (Å²) in [6.45, 7) is 0.955. The number of hydrogen-bond acceptors (Lipinski definition) is 7. The first kappa shape index (κ1) is 24.6. The molecule has 1 aliphatic rings. The van der Waals surface area contributed by atoms with Crippen LogP contribution in [0.25, 0.3) is 5.69 Å². The molecule has 3 aromatic rings. The van der Waals surface area contributed by atoms with Crippen LogP contribution in [0.15, 0.2) is 53.6 Å². The highest BCUT2D eigenvalue weighted by Crippen LogP contribution is 2.24. The lowest BCUT2D eigenvalue weighted by molar-refractivity contribution is -0.274. The average Bonchev–Trinajstić information content (AvgIpc) is 3.06. The van der Waals surface area contributed by atoms with E-state index in [1.54, 1.807) is 6.07 Å². The molecule has 1 fully saturated rings. The molecule has 0 spiro atoms. The van der Waals surface area contributed by atoms with Crippen LogP contribution in [0.3, 0.4) is 0 Å². The van der Waals surface area contributed by atoms with E-state index in [0.717, 1.165) is 27.5 Å². The first-order valence-corrected chi connectivity index (χ1v) is 11.6. The SMILES string of the molecule is O=c1n(Cc2ccnc(NS(=O)(=O)N3CCOCC3)c2)cc(O)n1-c1ccc(OC(F)(F)F)cc1. The molecule has 2 N–H and O–H groups in total. The first-order chi connectivity index (χ1) is 16.5. The van der Waals surface area contributed by atoms with Gasteiger partial charge in [-0.3, -0.25) is 9.29 Å². The summed E-state index contributed by atoms with van der Waals surface area (Å²) in [6.07, 6.45) is -2.34. The summed E-state index contributed by atoms with van der Waals surface area (Å²) < 4.78 is 76.8. The zero-order valence-electron chi connectivity index (χ0n) is 18.0. The Hall–Kier alpha value is -3.56. The fourth-order valence-electron chi connectivity index (χ4n) is 3.44. The van der Waals surface area contributed by atoms with Crippen molar-refractivity contribution in [1.29, 1.82) is 0 Å². The number of halogens is 3. The third kappa shape index (κ3) is 5.93. The second kappa shape index (κ2) is 9.59. The Bertz CT molecular complexity index is 1350. The van der Waals surface area contributed by atoms with Crippen LogP contribution in [0, 0.1) is 0 Å². The van der Waals surface area contributed by atoms with E-state index >= 15 is 0 Å². The highest BCUT2D eigenvalue weighted by molar-refractivity contribution is 7.90. The summed E-state index contributed by atoms with van der Waals surface area (Å²) in [7, 11) is -3.84. The number of benzene rings is 1. The van der Waals surface area contributed by atoms with Crippen LogP contribution in [0.2, 0.25) is 0 Å². The molecule has 188 valence electrons. The van der Waals surface area contributed by atoms with Gasteiger partial charge in [-0.1, -0.05) is 0 Å². The Morgan fingerprint density at radius 1 is 1.14 bits per heavy atom. The lowest BCUT2D eigenvalue weighted by atomic mass is 10.2. The smallest absolute Gasteiger partial charge is 0.493 e. The number of rotatable bonds is 7. The maximum absolute atomic E-state index is 12.8. The number of aromatic hydroxyl groups is 1. The quantitative estimate of drug-likeness (QED) is 0.490. The topological polar surface area (TPSA) is 128 Å². The van der Waals surface area contributed by atoms with Crippen molar-refractivity contribution in [1.82, 2.24) is 18.4 Å². The molecule has 0 aliphatic carbocycles. The maximum atomic E-state index is 12.8. The van der Waals surface area contributed by atoms with Crippen molar-refractivity contribution in [2.75, 3.05) is 31.0 Å². The van der Waals surface area contributed by atoms with Gasteiger partial charge >= 0.3 is 22.3 Å². The van der Waals surface area contributed by atoms with Crippen molar-refractivity contribution < 1.29 is 36.2 Å². The maximum Gasteiger partial charge on any atom is 0.573 e. The summed E-state index contributed by atoms with van der Waals surface area (Å²) >= 11 is 0. The summed E-state index contributed by atoms with van der Waals surface area (Å²) in [4.78, 5) is 16.8. The van der Waals surface area contributed by atoms with Gasteiger partial charge in [-0.05, 0) is 42.0 Å². The number of hydrogen-bond donors (Lipinski definition) is 2. The number of pyridine rings is 1. The van der Waals surface area contributed by atoms with Gasteiger partial charge in [-0.2, -0.15) is 12.7 Å². The van der Waals surface area contributed by atoms with Crippen molar-refractivity contribution in [3.8, 4) is 17.3 Å². The Kier molecular flexibility index (Phi) is 6.73. The number of anilines is 1. The van der Waals surface area contributed by atoms with E-state index in [1.165, 1.54) is 28.7 Å². The third-order valence-electron chi connectivity index (χ3n) is 4.99. The largest absolute Gasteiger partial charge is 0.573 e. The molecule has 0 amide bonds. The van der Waals surface area contributed by atoms with Crippen LogP contribution in [0.5, 0.6) is 11.6 Å². The number of nitrogens with zero attached hydrogens (tertiary/aromatic N) is 4. The monoisotopic (exact) mass is 515 g/mol. The molecule has 0 bridgehead atoms. The minimum absolute atomic E-state index is 0.0382. The second-order valence-electron chi connectivity index (χ2n) is 7.44. The number of imidazole rings is 1. The van der Waals surface area contributed by atoms with Crippen LogP contribution in [0.1, 0.15) is 5.56 Å².